The lowest BCUT2D eigenvalue weighted by molar-refractivity contribution is 0.0529. The molecule has 0 saturated carbocycles. The van der Waals surface area contributed by atoms with E-state index in [9.17, 15) is 9.59 Å². The second-order valence-electron chi connectivity index (χ2n) is 6.31. The zero-order valence-electron chi connectivity index (χ0n) is 15.8. The monoisotopic (exact) mass is 413 g/mol. The van der Waals surface area contributed by atoms with Gasteiger partial charge in [0.25, 0.3) is 5.91 Å². The van der Waals surface area contributed by atoms with Gasteiger partial charge in [-0.3, -0.25) is 4.79 Å². The average Bonchev–Trinajstić information content (AvgIpc) is 3.08. The van der Waals surface area contributed by atoms with E-state index in [2.05, 4.69) is 5.32 Å². The maximum atomic E-state index is 12.7. The van der Waals surface area contributed by atoms with Crippen LogP contribution in [0.5, 0.6) is 0 Å². The van der Waals surface area contributed by atoms with E-state index in [1.54, 1.807) is 31.2 Å². The molecule has 28 heavy (non-hydrogen) atoms. The molecule has 1 N–H and O–H groups in total. The number of hydrogen-bond donors (Lipinski definition) is 1. The van der Waals surface area contributed by atoms with Crippen LogP contribution in [0.2, 0.25) is 5.02 Å². The molecule has 0 spiro atoms. The van der Waals surface area contributed by atoms with Crippen LogP contribution in [0.3, 0.4) is 0 Å². The first-order valence-electron chi connectivity index (χ1n) is 8.84. The Kier molecular flexibility index (Phi) is 6.17. The van der Waals surface area contributed by atoms with Crippen molar-refractivity contribution in [2.75, 3.05) is 11.9 Å². The van der Waals surface area contributed by atoms with Crippen molar-refractivity contribution in [2.45, 2.75) is 20.8 Å². The highest BCUT2D eigenvalue weighted by Crippen LogP contribution is 2.37. The van der Waals surface area contributed by atoms with Crippen molar-refractivity contribution in [3.8, 4) is 11.1 Å². The molecule has 0 unspecified atom stereocenters. The Bertz CT molecular complexity index is 1040. The van der Waals surface area contributed by atoms with Gasteiger partial charge in [-0.15, -0.1) is 11.3 Å². The van der Waals surface area contributed by atoms with E-state index in [4.69, 9.17) is 16.3 Å². The summed E-state index contributed by atoms with van der Waals surface area (Å²) >= 11 is 7.41. The first-order valence-corrected chi connectivity index (χ1v) is 10.1. The molecule has 0 aliphatic rings. The van der Waals surface area contributed by atoms with Crippen molar-refractivity contribution in [1.82, 2.24) is 0 Å². The highest BCUT2D eigenvalue weighted by molar-refractivity contribution is 7.15. The van der Waals surface area contributed by atoms with Crippen LogP contribution in [0.4, 0.5) is 5.00 Å². The van der Waals surface area contributed by atoms with E-state index in [1.165, 1.54) is 16.9 Å². The van der Waals surface area contributed by atoms with E-state index in [1.807, 2.05) is 37.4 Å². The fourth-order valence-corrected chi connectivity index (χ4v) is 3.97. The number of anilines is 1. The molecule has 3 rings (SSSR count). The van der Waals surface area contributed by atoms with E-state index in [0.717, 1.165) is 16.7 Å². The Morgan fingerprint density at radius 3 is 2.54 bits per heavy atom. The minimum absolute atomic E-state index is 0.249. The van der Waals surface area contributed by atoms with Crippen molar-refractivity contribution < 1.29 is 14.3 Å². The topological polar surface area (TPSA) is 55.4 Å². The number of halogens is 1. The smallest absolute Gasteiger partial charge is 0.341 e. The molecule has 0 bridgehead atoms. The lowest BCUT2D eigenvalue weighted by Crippen LogP contribution is -2.15. The fourth-order valence-electron chi connectivity index (χ4n) is 2.79. The lowest BCUT2D eigenvalue weighted by atomic mass is 9.99. The second kappa shape index (κ2) is 8.59. The number of thiophene rings is 1. The maximum Gasteiger partial charge on any atom is 0.341 e. The van der Waals surface area contributed by atoms with Gasteiger partial charge in [-0.2, -0.15) is 0 Å². The Labute approximate surface area is 173 Å². The van der Waals surface area contributed by atoms with Crippen LogP contribution in [0.1, 0.15) is 38.8 Å². The van der Waals surface area contributed by atoms with Gasteiger partial charge in [-0.25, -0.2) is 4.79 Å². The summed E-state index contributed by atoms with van der Waals surface area (Å²) in [6.07, 6.45) is 0. The molecular formula is C22H20ClNO3S. The zero-order chi connectivity index (χ0) is 20.3. The summed E-state index contributed by atoms with van der Waals surface area (Å²) in [6, 6.07) is 12.8. The molecule has 1 aromatic heterocycles. The van der Waals surface area contributed by atoms with Crippen LogP contribution in [0, 0.1) is 13.8 Å². The van der Waals surface area contributed by atoms with Gasteiger partial charge in [-0.05, 0) is 49.6 Å². The molecule has 6 heteroatoms. The summed E-state index contributed by atoms with van der Waals surface area (Å²) in [7, 11) is 0. The van der Waals surface area contributed by atoms with E-state index < -0.39 is 5.97 Å². The molecule has 0 atom stereocenters. The molecule has 0 fully saturated rings. The third kappa shape index (κ3) is 4.11. The SMILES string of the molecule is CCOC(=O)c1c(-c2ccc(C)c(C)c2)csc1NC(=O)c1ccccc1Cl. The van der Waals surface area contributed by atoms with Crippen molar-refractivity contribution >= 4 is 39.8 Å². The third-order valence-electron chi connectivity index (χ3n) is 4.43. The van der Waals surface area contributed by atoms with Crippen LogP contribution in [0.15, 0.2) is 47.8 Å². The molecule has 0 radical (unpaired) electrons. The van der Waals surface area contributed by atoms with E-state index >= 15 is 0 Å². The van der Waals surface area contributed by atoms with Crippen LogP contribution >= 0.6 is 22.9 Å². The van der Waals surface area contributed by atoms with Crippen molar-refractivity contribution in [3.05, 3.63) is 75.1 Å². The van der Waals surface area contributed by atoms with Crippen LogP contribution in [0.25, 0.3) is 11.1 Å². The Hall–Kier alpha value is -2.63. The number of esters is 1. The first kappa shape index (κ1) is 20.1. The predicted molar refractivity (Wildman–Crippen MR) is 115 cm³/mol. The van der Waals surface area contributed by atoms with E-state index in [-0.39, 0.29) is 12.5 Å². The molecule has 1 amide bonds. The Morgan fingerprint density at radius 1 is 1.11 bits per heavy atom. The molecule has 0 aliphatic carbocycles. The number of carbonyl (C=O) groups excluding carboxylic acids is 2. The normalized spacial score (nSPS) is 10.6. The fraction of sp³-hybridized carbons (Fsp3) is 0.182. The molecule has 1 heterocycles. The molecule has 2 aromatic carbocycles. The van der Waals surface area contributed by atoms with Gasteiger partial charge in [-0.1, -0.05) is 41.9 Å². The van der Waals surface area contributed by atoms with Gasteiger partial charge in [0.2, 0.25) is 0 Å². The summed E-state index contributed by atoms with van der Waals surface area (Å²) in [5.41, 5.74) is 4.64. The Morgan fingerprint density at radius 2 is 1.86 bits per heavy atom. The Balaban J connectivity index is 2.03. The summed E-state index contributed by atoms with van der Waals surface area (Å²) in [5, 5.41) is 5.47. The lowest BCUT2D eigenvalue weighted by Gasteiger charge is -2.10. The van der Waals surface area contributed by atoms with E-state index in [0.29, 0.717) is 21.2 Å². The number of amides is 1. The highest BCUT2D eigenvalue weighted by Gasteiger charge is 2.23. The van der Waals surface area contributed by atoms with Crippen molar-refractivity contribution in [2.24, 2.45) is 0 Å². The zero-order valence-corrected chi connectivity index (χ0v) is 17.4. The summed E-state index contributed by atoms with van der Waals surface area (Å²) in [6.45, 7) is 6.06. The van der Waals surface area contributed by atoms with Gasteiger partial charge in [0.1, 0.15) is 10.6 Å². The molecule has 0 aliphatic heterocycles. The van der Waals surface area contributed by atoms with Crippen LogP contribution in [-0.4, -0.2) is 18.5 Å². The van der Waals surface area contributed by atoms with Crippen LogP contribution < -0.4 is 5.32 Å². The minimum Gasteiger partial charge on any atom is -0.462 e. The van der Waals surface area contributed by atoms with Crippen LogP contribution in [-0.2, 0) is 4.74 Å². The molecule has 144 valence electrons. The van der Waals surface area contributed by atoms with Gasteiger partial charge in [0.05, 0.1) is 17.2 Å². The minimum atomic E-state index is -0.466. The molecule has 4 nitrogen and oxygen atoms in total. The molecular weight excluding hydrogens is 394 g/mol. The third-order valence-corrected chi connectivity index (χ3v) is 5.66. The summed E-state index contributed by atoms with van der Waals surface area (Å²) in [5.74, 6) is -0.837. The van der Waals surface area contributed by atoms with Crippen molar-refractivity contribution in [1.29, 1.82) is 0 Å². The van der Waals surface area contributed by atoms with Gasteiger partial charge in [0.15, 0.2) is 0 Å². The number of nitrogens with one attached hydrogen (secondary N) is 1. The number of aryl methyl sites for hydroxylation is 2. The number of hydrogen-bond acceptors (Lipinski definition) is 4. The molecule has 0 saturated heterocycles. The predicted octanol–water partition coefficient (Wildman–Crippen LogP) is 6.11. The summed E-state index contributed by atoms with van der Waals surface area (Å²) in [4.78, 5) is 25.3. The summed E-state index contributed by atoms with van der Waals surface area (Å²) < 4.78 is 5.24. The quantitative estimate of drug-likeness (QED) is 0.513. The van der Waals surface area contributed by atoms with Gasteiger partial charge >= 0.3 is 5.97 Å². The highest BCUT2D eigenvalue weighted by atomic mass is 35.5. The van der Waals surface area contributed by atoms with Gasteiger partial charge in [0, 0.05) is 10.9 Å². The number of carbonyl (C=O) groups is 2. The average molecular weight is 414 g/mol. The first-order chi connectivity index (χ1) is 13.4. The van der Waals surface area contributed by atoms with Gasteiger partial charge < -0.3 is 10.1 Å². The number of benzene rings is 2. The number of ether oxygens (including phenoxy) is 1. The standard InChI is InChI=1S/C22H20ClNO3S/c1-4-27-22(26)19-17(15-10-9-13(2)14(3)11-15)12-28-21(19)24-20(25)16-7-5-6-8-18(16)23/h5-12H,4H2,1-3H3,(H,24,25). The maximum absolute atomic E-state index is 12.7. The molecule has 3 aromatic rings. The largest absolute Gasteiger partial charge is 0.462 e. The van der Waals surface area contributed by atoms with Crippen molar-refractivity contribution in [3.63, 3.8) is 0 Å². The second-order valence-corrected chi connectivity index (χ2v) is 7.59. The number of rotatable bonds is 5.